The van der Waals surface area contributed by atoms with E-state index in [9.17, 15) is 10.2 Å². The van der Waals surface area contributed by atoms with E-state index < -0.39 is 0 Å². The van der Waals surface area contributed by atoms with Crippen molar-refractivity contribution in [3.63, 3.8) is 0 Å². The molecule has 3 aliphatic rings. The Balaban J connectivity index is 0.00000113. The number of rotatable bonds is 2. The zero-order chi connectivity index (χ0) is 16.2. The van der Waals surface area contributed by atoms with Gasteiger partial charge in [-0.05, 0) is 91.9 Å². The van der Waals surface area contributed by atoms with Crippen LogP contribution in [0.1, 0.15) is 63.0 Å². The minimum atomic E-state index is -0.122. The van der Waals surface area contributed by atoms with Crippen LogP contribution in [0.25, 0.3) is 0 Å². The average molecular weight is 770 g/mol. The fourth-order valence-electron chi connectivity index (χ4n) is 5.83. The van der Waals surface area contributed by atoms with Crippen molar-refractivity contribution in [2.75, 3.05) is 6.61 Å². The molecule has 2 fully saturated rings. The Hall–Kier alpha value is 1.66. The van der Waals surface area contributed by atoms with Crippen LogP contribution in [0.5, 0.6) is 11.5 Å². The van der Waals surface area contributed by atoms with E-state index in [1.165, 1.54) is 17.5 Å². The molecular formula is C20H28Ac2O3. The molecule has 1 aromatic rings. The van der Waals surface area contributed by atoms with E-state index in [-0.39, 0.29) is 105 Å². The van der Waals surface area contributed by atoms with E-state index in [1.54, 1.807) is 0 Å². The number of aromatic hydroxyl groups is 1. The smallest absolute Gasteiger partial charge is 0.161 e. The molecule has 0 spiro atoms. The minimum Gasteiger partial charge on any atom is -0.504 e. The number of aliphatic hydroxyl groups excluding tert-OH is 1. The van der Waals surface area contributed by atoms with Crippen LogP contribution < -0.4 is 4.74 Å². The molecule has 1 aromatic carbocycles. The van der Waals surface area contributed by atoms with Gasteiger partial charge in [-0.15, -0.1) is 0 Å². The van der Waals surface area contributed by atoms with Crippen molar-refractivity contribution in [3.05, 3.63) is 23.3 Å². The van der Waals surface area contributed by atoms with E-state index in [0.717, 1.165) is 32.1 Å². The van der Waals surface area contributed by atoms with Crippen molar-refractivity contribution >= 4 is 0 Å². The Kier molecular flexibility index (Phi) is 8.25. The monoisotopic (exact) mass is 770 g/mol. The zero-order valence-electron chi connectivity index (χ0n) is 15.4. The number of fused-ring (bicyclic) bond motifs is 5. The van der Waals surface area contributed by atoms with Crippen molar-refractivity contribution in [2.45, 2.75) is 64.4 Å². The van der Waals surface area contributed by atoms with Gasteiger partial charge in [0.2, 0.25) is 0 Å². The van der Waals surface area contributed by atoms with Crippen LogP contribution in [0.2, 0.25) is 0 Å². The molecule has 25 heavy (non-hydrogen) atoms. The van der Waals surface area contributed by atoms with Gasteiger partial charge in [-0.3, -0.25) is 0 Å². The van der Waals surface area contributed by atoms with Gasteiger partial charge in [-0.25, -0.2) is 0 Å². The minimum absolute atomic E-state index is 0. The maximum atomic E-state index is 10.5. The van der Waals surface area contributed by atoms with E-state index >= 15 is 0 Å². The summed E-state index contributed by atoms with van der Waals surface area (Å²) >= 11 is 0. The molecule has 0 saturated heterocycles. The summed E-state index contributed by atoms with van der Waals surface area (Å²) < 4.78 is 5.56. The molecule has 4 rings (SSSR count). The van der Waals surface area contributed by atoms with Gasteiger partial charge in [-0.2, -0.15) is 0 Å². The number of ether oxygens (including phenoxy) is 1. The average Bonchev–Trinajstić information content (AvgIpc) is 2.84. The summed E-state index contributed by atoms with van der Waals surface area (Å²) in [5, 5.41) is 20.8. The first-order valence-electron chi connectivity index (χ1n) is 9.21. The van der Waals surface area contributed by atoms with Crippen molar-refractivity contribution in [3.8, 4) is 11.5 Å². The molecule has 3 nitrogen and oxygen atoms in total. The molecule has 0 amide bonds. The van der Waals surface area contributed by atoms with Crippen LogP contribution >= 0.6 is 0 Å². The summed E-state index contributed by atoms with van der Waals surface area (Å²) in [5.41, 5.74) is 2.81. The summed E-state index contributed by atoms with van der Waals surface area (Å²) in [7, 11) is 0. The van der Waals surface area contributed by atoms with Gasteiger partial charge in [0.15, 0.2) is 11.5 Å². The zero-order valence-corrected chi connectivity index (χ0v) is 24.9. The maximum Gasteiger partial charge on any atom is 0.161 e. The number of aliphatic hydroxyl groups is 1. The number of hydrogen-bond acceptors (Lipinski definition) is 3. The van der Waals surface area contributed by atoms with Crippen LogP contribution in [0.15, 0.2) is 12.1 Å². The van der Waals surface area contributed by atoms with Gasteiger partial charge in [0.05, 0.1) is 12.7 Å². The first-order valence-corrected chi connectivity index (χ1v) is 9.21. The fourth-order valence-corrected chi connectivity index (χ4v) is 5.83. The quantitative estimate of drug-likeness (QED) is 0.479. The van der Waals surface area contributed by atoms with Crippen LogP contribution in [0.3, 0.4) is 0 Å². The summed E-state index contributed by atoms with van der Waals surface area (Å²) in [4.78, 5) is 0. The molecule has 0 aromatic heterocycles. The van der Waals surface area contributed by atoms with Crippen LogP contribution in [-0.2, 0) is 6.42 Å². The number of hydrogen-bond donors (Lipinski definition) is 2. The number of benzene rings is 1. The molecule has 3 aliphatic carbocycles. The molecule has 2 saturated carbocycles. The third-order valence-electron chi connectivity index (χ3n) is 7.05. The molecule has 0 aliphatic heterocycles. The van der Waals surface area contributed by atoms with Crippen molar-refractivity contribution in [2.24, 2.45) is 17.3 Å². The van der Waals surface area contributed by atoms with Crippen LogP contribution in [-0.4, -0.2) is 22.9 Å². The Labute approximate surface area is 222 Å². The molecule has 5 atom stereocenters. The van der Waals surface area contributed by atoms with Gasteiger partial charge in [-0.1, -0.05) is 6.92 Å². The third kappa shape index (κ3) is 3.90. The predicted molar refractivity (Wildman–Crippen MR) is 89.9 cm³/mol. The number of phenolic OH excluding ortho intramolecular Hbond substituents is 1. The normalized spacial score (nSPS) is 35.5. The Morgan fingerprint density at radius 2 is 1.92 bits per heavy atom. The van der Waals surface area contributed by atoms with Gasteiger partial charge >= 0.3 is 0 Å². The Morgan fingerprint density at radius 1 is 1.16 bits per heavy atom. The van der Waals surface area contributed by atoms with E-state index in [4.69, 9.17) is 4.74 Å². The molecule has 2 N–H and O–H groups in total. The van der Waals surface area contributed by atoms with Crippen molar-refractivity contribution in [1.82, 2.24) is 0 Å². The van der Waals surface area contributed by atoms with Crippen molar-refractivity contribution < 1.29 is 103 Å². The molecule has 132 valence electrons. The second kappa shape index (κ2) is 8.99. The number of aryl methyl sites for hydroxylation is 1. The summed E-state index contributed by atoms with van der Waals surface area (Å²) in [6, 6.07) is 4.02. The van der Waals surface area contributed by atoms with Gasteiger partial charge in [0.1, 0.15) is 0 Å². The Morgan fingerprint density at radius 3 is 2.64 bits per heavy atom. The maximum absolute atomic E-state index is 10.5. The third-order valence-corrected chi connectivity index (χ3v) is 7.05. The van der Waals surface area contributed by atoms with E-state index in [0.29, 0.717) is 30.1 Å². The summed E-state index contributed by atoms with van der Waals surface area (Å²) in [6.07, 6.45) is 6.52. The molecular weight excluding hydrogens is 742 g/mol. The second-order valence-electron chi connectivity index (χ2n) is 8.00. The first kappa shape index (κ1) is 22.9. The first-order chi connectivity index (χ1) is 11.0. The van der Waals surface area contributed by atoms with E-state index in [2.05, 4.69) is 13.0 Å². The second-order valence-corrected chi connectivity index (χ2v) is 8.00. The summed E-state index contributed by atoms with van der Waals surface area (Å²) in [5.74, 6) is 2.75. The molecule has 0 bridgehead atoms. The molecule has 2 radical (unpaired) electrons. The van der Waals surface area contributed by atoms with Gasteiger partial charge in [0.25, 0.3) is 0 Å². The van der Waals surface area contributed by atoms with Gasteiger partial charge < -0.3 is 14.9 Å². The van der Waals surface area contributed by atoms with Crippen LogP contribution in [0, 0.1) is 105 Å². The molecule has 0 heterocycles. The SMILES string of the molecule is CCOc1cc2c(cc1O)C1CC[C@@]3(C)C(CC[C@@H]3O)C1CC2.[Ac].[Ac]. The standard InChI is InChI=1S/C20H28O3.2Ac/c1-3-23-18-10-12-4-5-14-13(15(12)11-17(18)21)8-9-20(2)16(14)6-7-19(20)22;;/h10-11,13-14,16,19,21-22H,3-9H2,1-2H3;;/t13?,14?,16?,19-,20-;;/m0../s1. The van der Waals surface area contributed by atoms with Crippen molar-refractivity contribution in [1.29, 1.82) is 0 Å². The Bertz CT molecular complexity index is 621. The molecule has 3 unspecified atom stereocenters. The van der Waals surface area contributed by atoms with Gasteiger partial charge in [0, 0.05) is 88.1 Å². The van der Waals surface area contributed by atoms with Crippen LogP contribution in [0.4, 0.5) is 0 Å². The number of phenols is 1. The molecule has 5 heteroatoms. The predicted octanol–water partition coefficient (Wildman–Crippen LogP) is 4.01. The van der Waals surface area contributed by atoms with E-state index in [1.807, 2.05) is 13.0 Å². The summed E-state index contributed by atoms with van der Waals surface area (Å²) in [6.45, 7) is 4.83. The topological polar surface area (TPSA) is 49.7 Å². The largest absolute Gasteiger partial charge is 0.504 e. The fraction of sp³-hybridized carbons (Fsp3) is 0.700.